The summed E-state index contributed by atoms with van der Waals surface area (Å²) in [7, 11) is 1.25. The summed E-state index contributed by atoms with van der Waals surface area (Å²) in [5.74, 6) is -0.746. The Morgan fingerprint density at radius 3 is 2.69 bits per heavy atom. The quantitative estimate of drug-likeness (QED) is 0.186. The predicted octanol–water partition coefficient (Wildman–Crippen LogP) is 4.87. The molecule has 0 fully saturated rings. The van der Waals surface area contributed by atoms with Gasteiger partial charge in [-0.05, 0) is 31.5 Å². The summed E-state index contributed by atoms with van der Waals surface area (Å²) in [5.41, 5.74) is 1.08. The van der Waals surface area contributed by atoms with Crippen molar-refractivity contribution in [3.05, 3.63) is 73.8 Å². The zero-order valence-electron chi connectivity index (χ0n) is 17.3. The largest absolute Gasteiger partial charge is 0.465 e. The van der Waals surface area contributed by atoms with E-state index in [1.165, 1.54) is 48.8 Å². The number of ether oxygens (including phenoxy) is 1. The van der Waals surface area contributed by atoms with Crippen molar-refractivity contribution in [3.8, 4) is 17.4 Å². The van der Waals surface area contributed by atoms with Gasteiger partial charge >= 0.3 is 5.97 Å². The van der Waals surface area contributed by atoms with E-state index in [1.54, 1.807) is 26.0 Å². The maximum absolute atomic E-state index is 12.7. The zero-order chi connectivity index (χ0) is 23.4. The molecule has 32 heavy (non-hydrogen) atoms. The highest BCUT2D eigenvalue weighted by atomic mass is 32.1. The van der Waals surface area contributed by atoms with Gasteiger partial charge in [-0.1, -0.05) is 12.1 Å². The van der Waals surface area contributed by atoms with Gasteiger partial charge in [0.2, 0.25) is 0 Å². The summed E-state index contributed by atoms with van der Waals surface area (Å²) in [6, 6.07) is 10.8. The van der Waals surface area contributed by atoms with E-state index in [-0.39, 0.29) is 27.6 Å². The molecule has 0 unspecified atom stereocenters. The average Bonchev–Trinajstić information content (AvgIpc) is 3.35. The topological polar surface area (TPSA) is 135 Å². The maximum atomic E-state index is 12.7. The molecular formula is C22H17N3O6S. The van der Waals surface area contributed by atoms with Crippen LogP contribution in [0.15, 0.2) is 46.4 Å². The number of nitro groups is 1. The predicted molar refractivity (Wildman–Crippen MR) is 118 cm³/mol. The highest BCUT2D eigenvalue weighted by Gasteiger charge is 2.23. The van der Waals surface area contributed by atoms with Gasteiger partial charge in [0.25, 0.3) is 11.6 Å². The number of non-ortho nitro benzene ring substituents is 1. The Morgan fingerprint density at radius 1 is 1.28 bits per heavy atom. The first kappa shape index (κ1) is 22.5. The van der Waals surface area contributed by atoms with Gasteiger partial charge in [-0.3, -0.25) is 14.9 Å². The van der Waals surface area contributed by atoms with Crippen molar-refractivity contribution >= 4 is 40.0 Å². The molecule has 3 aromatic rings. The van der Waals surface area contributed by atoms with Crippen molar-refractivity contribution in [3.63, 3.8) is 0 Å². The second-order valence-corrected chi connectivity index (χ2v) is 7.84. The number of esters is 1. The van der Waals surface area contributed by atoms with Crippen molar-refractivity contribution in [2.75, 3.05) is 12.4 Å². The number of carbonyl (C=O) groups is 2. The van der Waals surface area contributed by atoms with E-state index in [1.807, 2.05) is 6.07 Å². The number of methoxy groups -OCH3 is 1. The lowest BCUT2D eigenvalue weighted by Crippen LogP contribution is -2.15. The van der Waals surface area contributed by atoms with Gasteiger partial charge < -0.3 is 14.5 Å². The normalized spacial score (nSPS) is 11.0. The molecule has 0 aliphatic rings. The van der Waals surface area contributed by atoms with Crippen LogP contribution in [0.25, 0.3) is 17.4 Å². The van der Waals surface area contributed by atoms with E-state index < -0.39 is 16.8 Å². The lowest BCUT2D eigenvalue weighted by Gasteiger charge is -2.05. The third-order valence-corrected chi connectivity index (χ3v) is 5.74. The van der Waals surface area contributed by atoms with E-state index in [2.05, 4.69) is 5.32 Å². The molecule has 1 aromatic carbocycles. The van der Waals surface area contributed by atoms with Gasteiger partial charge in [-0.2, -0.15) is 5.26 Å². The number of nitrogens with one attached hydrogen (secondary N) is 1. The van der Waals surface area contributed by atoms with Crippen LogP contribution in [0.3, 0.4) is 0 Å². The van der Waals surface area contributed by atoms with Crippen molar-refractivity contribution < 1.29 is 23.7 Å². The number of hydrogen-bond acceptors (Lipinski definition) is 8. The SMILES string of the molecule is COC(=O)c1c(NC(=O)/C(C#N)=C/c2ccc(-c3cccc([N+](=O)[O-])c3)o2)sc(C)c1C. The number of rotatable bonds is 6. The smallest absolute Gasteiger partial charge is 0.341 e. The second kappa shape index (κ2) is 9.28. The molecule has 10 heteroatoms. The minimum Gasteiger partial charge on any atom is -0.465 e. The van der Waals surface area contributed by atoms with Crippen LogP contribution < -0.4 is 5.32 Å². The van der Waals surface area contributed by atoms with Crippen LogP contribution in [-0.4, -0.2) is 23.9 Å². The Labute approximate surface area is 186 Å². The van der Waals surface area contributed by atoms with Crippen molar-refractivity contribution in [2.45, 2.75) is 13.8 Å². The zero-order valence-corrected chi connectivity index (χ0v) is 18.1. The van der Waals surface area contributed by atoms with Gasteiger partial charge in [-0.25, -0.2) is 4.79 Å². The molecule has 1 N–H and O–H groups in total. The number of thiophene rings is 1. The Balaban J connectivity index is 1.87. The number of amides is 1. The van der Waals surface area contributed by atoms with Crippen LogP contribution >= 0.6 is 11.3 Å². The molecular weight excluding hydrogens is 434 g/mol. The van der Waals surface area contributed by atoms with Gasteiger partial charge in [0, 0.05) is 28.6 Å². The summed E-state index contributed by atoms with van der Waals surface area (Å²) in [6.07, 6.45) is 1.25. The molecule has 2 aromatic heterocycles. The van der Waals surface area contributed by atoms with E-state index in [0.717, 1.165) is 4.88 Å². The number of anilines is 1. The van der Waals surface area contributed by atoms with Crippen LogP contribution in [0.4, 0.5) is 10.7 Å². The molecule has 0 aliphatic heterocycles. The summed E-state index contributed by atoms with van der Waals surface area (Å²) in [4.78, 5) is 36.0. The molecule has 2 heterocycles. The summed E-state index contributed by atoms with van der Waals surface area (Å²) in [5, 5.41) is 23.3. The molecule has 0 aliphatic carbocycles. The van der Waals surface area contributed by atoms with Gasteiger partial charge in [-0.15, -0.1) is 11.3 Å². The summed E-state index contributed by atoms with van der Waals surface area (Å²) >= 11 is 1.20. The monoisotopic (exact) mass is 451 g/mol. The molecule has 162 valence electrons. The molecule has 1 amide bonds. The number of aryl methyl sites for hydroxylation is 1. The minimum atomic E-state index is -0.716. The maximum Gasteiger partial charge on any atom is 0.341 e. The van der Waals surface area contributed by atoms with Crippen LogP contribution in [0.5, 0.6) is 0 Å². The number of nitriles is 1. The van der Waals surface area contributed by atoms with Crippen LogP contribution in [0.2, 0.25) is 0 Å². The Hall–Kier alpha value is -4.23. The van der Waals surface area contributed by atoms with E-state index >= 15 is 0 Å². The number of benzene rings is 1. The first-order chi connectivity index (χ1) is 15.2. The molecule has 0 bridgehead atoms. The highest BCUT2D eigenvalue weighted by Crippen LogP contribution is 2.33. The lowest BCUT2D eigenvalue weighted by molar-refractivity contribution is -0.384. The Bertz CT molecular complexity index is 1300. The van der Waals surface area contributed by atoms with Gasteiger partial charge in [0.1, 0.15) is 28.2 Å². The third-order valence-electron chi connectivity index (χ3n) is 4.62. The first-order valence-corrected chi connectivity index (χ1v) is 10.0. The average molecular weight is 451 g/mol. The molecule has 3 rings (SSSR count). The van der Waals surface area contributed by atoms with E-state index in [9.17, 15) is 25.0 Å². The lowest BCUT2D eigenvalue weighted by atomic mass is 10.1. The van der Waals surface area contributed by atoms with Gasteiger partial charge in [0.05, 0.1) is 17.6 Å². The summed E-state index contributed by atoms with van der Waals surface area (Å²) < 4.78 is 10.4. The number of nitro benzene ring substituents is 1. The Morgan fingerprint density at radius 2 is 2.03 bits per heavy atom. The van der Waals surface area contributed by atoms with E-state index in [4.69, 9.17) is 9.15 Å². The molecule has 9 nitrogen and oxygen atoms in total. The van der Waals surface area contributed by atoms with E-state index in [0.29, 0.717) is 16.9 Å². The number of nitrogens with zero attached hydrogens (tertiary/aromatic N) is 2. The van der Waals surface area contributed by atoms with Crippen molar-refractivity contribution in [1.82, 2.24) is 0 Å². The van der Waals surface area contributed by atoms with Crippen molar-refractivity contribution in [1.29, 1.82) is 5.26 Å². The molecule has 0 atom stereocenters. The fourth-order valence-electron chi connectivity index (χ4n) is 2.88. The number of carbonyl (C=O) groups excluding carboxylic acids is 2. The van der Waals surface area contributed by atoms with Gasteiger partial charge in [0.15, 0.2) is 0 Å². The molecule has 0 saturated carbocycles. The molecule has 0 saturated heterocycles. The van der Waals surface area contributed by atoms with Crippen LogP contribution in [0, 0.1) is 35.3 Å². The fourth-order valence-corrected chi connectivity index (χ4v) is 3.93. The first-order valence-electron chi connectivity index (χ1n) is 9.21. The highest BCUT2D eigenvalue weighted by molar-refractivity contribution is 7.16. The fraction of sp³-hybridized carbons (Fsp3) is 0.136. The number of hydrogen-bond donors (Lipinski definition) is 1. The molecule has 0 spiro atoms. The van der Waals surface area contributed by atoms with Crippen molar-refractivity contribution in [2.24, 2.45) is 0 Å². The molecule has 0 radical (unpaired) electrons. The number of furan rings is 1. The van der Waals surface area contributed by atoms with Crippen LogP contribution in [0.1, 0.15) is 26.6 Å². The summed E-state index contributed by atoms with van der Waals surface area (Å²) in [6.45, 7) is 3.55. The standard InChI is InChI=1S/C22H17N3O6S/c1-12-13(2)32-21(19(12)22(27)30-3)24-20(26)15(11-23)10-17-7-8-18(31-17)14-5-4-6-16(9-14)25(28)29/h4-10H,1-3H3,(H,24,26)/b15-10+. The Kier molecular flexibility index (Phi) is 6.51. The minimum absolute atomic E-state index is 0.0870. The second-order valence-electron chi connectivity index (χ2n) is 6.61. The third kappa shape index (κ3) is 4.58. The van der Waals surface area contributed by atoms with Crippen LogP contribution in [-0.2, 0) is 9.53 Å².